The number of nitrogens with zero attached hydrogens (tertiary/aromatic N) is 2. The molecule has 2 heterocycles. The van der Waals surface area contributed by atoms with Crippen LogP contribution in [0.15, 0.2) is 48.5 Å². The number of hydrogen-bond acceptors (Lipinski definition) is 4. The summed E-state index contributed by atoms with van der Waals surface area (Å²) in [7, 11) is 0. The second-order valence-corrected chi connectivity index (χ2v) is 11.3. The van der Waals surface area contributed by atoms with Gasteiger partial charge < -0.3 is 18.9 Å². The van der Waals surface area contributed by atoms with Crippen LogP contribution in [0.5, 0.6) is 0 Å². The Balaban J connectivity index is 0.000000892. The van der Waals surface area contributed by atoms with Crippen LogP contribution >= 0.6 is 0 Å². The minimum absolute atomic E-state index is 0. The molecule has 208 valence electrons. The van der Waals surface area contributed by atoms with Gasteiger partial charge in [-0.25, -0.2) is 0 Å². The van der Waals surface area contributed by atoms with Crippen LogP contribution in [0.1, 0.15) is 76.3 Å². The topological polar surface area (TPSA) is 24.9 Å². The molecule has 0 bridgehead atoms. The Hall–Kier alpha value is -1.47. The molecule has 0 radical (unpaired) electrons. The summed E-state index contributed by atoms with van der Waals surface area (Å²) in [5, 5.41) is 0. The minimum Gasteiger partial charge on any atom is -1.00 e. The largest absolute Gasteiger partial charge is 1.00 e. The average molecular weight is 555 g/mol. The molecule has 4 nitrogen and oxygen atoms in total. The van der Waals surface area contributed by atoms with E-state index in [9.17, 15) is 0 Å². The second-order valence-electron chi connectivity index (χ2n) is 9.32. The Kier molecular flexibility index (Phi) is 21.6. The fraction of sp³-hybridized carbons (Fsp3) is 0.600. The Morgan fingerprint density at radius 3 is 1.24 bits per heavy atom. The van der Waals surface area contributed by atoms with Crippen molar-refractivity contribution in [2.24, 2.45) is 0 Å². The summed E-state index contributed by atoms with van der Waals surface area (Å²) in [5.41, 5.74) is 5.63. The summed E-state index contributed by atoms with van der Waals surface area (Å²) in [5.74, 6) is 0. The molecule has 0 unspecified atom stereocenters. The van der Waals surface area contributed by atoms with Gasteiger partial charge in [-0.05, 0) is 25.7 Å². The van der Waals surface area contributed by atoms with Crippen molar-refractivity contribution in [3.63, 3.8) is 0 Å². The summed E-state index contributed by atoms with van der Waals surface area (Å²) in [6.07, 6.45) is 10.1. The van der Waals surface area contributed by atoms with Gasteiger partial charge in [-0.3, -0.25) is 0 Å². The fourth-order valence-electron chi connectivity index (χ4n) is 3.98. The maximum Gasteiger partial charge on any atom is -1.00 e. The van der Waals surface area contributed by atoms with Crippen LogP contribution in [-0.2, 0) is 29.1 Å². The van der Waals surface area contributed by atoms with Crippen LogP contribution in [0.2, 0.25) is 0 Å². The molecular weight excluding hydrogens is 506 g/mol. The standard InChI is InChI=1S/2C11H16N.2C4H8O.2FH.Ti/c2*1-3-4-9-12-11-8-6-5-7-10(11)2;2*1-2-4-5-3-1;;;/h2*5-8H,3-4,9H2,1-2H3;2*1-4H2;2*1H;/q2*-1;;;;;+4/p-2. The number of ether oxygens (including phenoxy) is 2. The van der Waals surface area contributed by atoms with Crippen LogP contribution in [0, 0.1) is 13.8 Å². The molecule has 0 atom stereocenters. The molecule has 2 saturated heterocycles. The van der Waals surface area contributed by atoms with E-state index in [2.05, 4.69) is 83.0 Å². The zero-order valence-corrected chi connectivity index (χ0v) is 25.0. The smallest absolute Gasteiger partial charge is 1.00 e. The van der Waals surface area contributed by atoms with Gasteiger partial charge in [0.1, 0.15) is 0 Å². The van der Waals surface area contributed by atoms with Gasteiger partial charge in [0.25, 0.3) is 0 Å². The van der Waals surface area contributed by atoms with Crippen LogP contribution in [0.3, 0.4) is 0 Å². The Morgan fingerprint density at radius 2 is 0.973 bits per heavy atom. The normalized spacial score (nSPS) is 13.5. The molecule has 0 aromatic heterocycles. The molecule has 2 aliphatic rings. The minimum atomic E-state index is -0.421. The first kappa shape index (κ1) is 35.5. The number of benzene rings is 2. The Labute approximate surface area is 234 Å². The van der Waals surface area contributed by atoms with Gasteiger partial charge >= 0.3 is 164 Å². The van der Waals surface area contributed by atoms with E-state index in [1.807, 2.05) is 0 Å². The maximum absolute atomic E-state index is 4.94. The predicted molar refractivity (Wildman–Crippen MR) is 147 cm³/mol. The molecule has 7 heteroatoms. The number of aryl methyl sites for hydroxylation is 2. The van der Waals surface area contributed by atoms with Crippen molar-refractivity contribution in [3.8, 4) is 0 Å². The number of halogens is 2. The first-order chi connectivity index (χ1) is 17.2. The summed E-state index contributed by atoms with van der Waals surface area (Å²) in [6.45, 7) is 15.4. The number of unbranched alkanes of at least 4 members (excludes halogenated alkanes) is 2. The molecule has 2 aliphatic heterocycles. The number of rotatable bonds is 10. The van der Waals surface area contributed by atoms with Crippen molar-refractivity contribution in [2.45, 2.75) is 79.1 Å². The number of para-hydroxylation sites is 2. The molecule has 0 aliphatic carbocycles. The van der Waals surface area contributed by atoms with Gasteiger partial charge in [0.2, 0.25) is 0 Å². The van der Waals surface area contributed by atoms with Crippen molar-refractivity contribution in [3.05, 3.63) is 59.7 Å². The third-order valence-corrected chi connectivity index (χ3v) is 8.38. The maximum atomic E-state index is 4.94. The summed E-state index contributed by atoms with van der Waals surface area (Å²) in [4.78, 5) is 0. The summed E-state index contributed by atoms with van der Waals surface area (Å²) >= 11 is -0.421. The molecule has 4 rings (SSSR count). The molecule has 2 aromatic carbocycles. The van der Waals surface area contributed by atoms with Gasteiger partial charge in [0.15, 0.2) is 0 Å². The second kappa shape index (κ2) is 22.5. The molecule has 0 saturated carbocycles. The van der Waals surface area contributed by atoms with E-state index >= 15 is 0 Å². The molecule has 2 aromatic rings. The zero-order valence-electron chi connectivity index (χ0n) is 23.5. The van der Waals surface area contributed by atoms with E-state index in [-0.39, 0.29) is 9.41 Å². The quantitative estimate of drug-likeness (QED) is 0.418. The van der Waals surface area contributed by atoms with E-state index in [4.69, 9.17) is 9.47 Å². The van der Waals surface area contributed by atoms with Gasteiger partial charge in [-0.15, -0.1) is 0 Å². The van der Waals surface area contributed by atoms with Crippen molar-refractivity contribution in [1.82, 2.24) is 0 Å². The predicted octanol–water partition coefficient (Wildman–Crippen LogP) is 1.73. The van der Waals surface area contributed by atoms with Crippen LogP contribution in [-0.4, -0.2) is 39.5 Å². The van der Waals surface area contributed by atoms with Gasteiger partial charge in [-0.1, -0.05) is 0 Å². The van der Waals surface area contributed by atoms with Crippen LogP contribution in [0.25, 0.3) is 0 Å². The Morgan fingerprint density at radius 1 is 0.622 bits per heavy atom. The van der Waals surface area contributed by atoms with E-state index < -0.39 is 19.7 Å². The van der Waals surface area contributed by atoms with E-state index in [1.54, 1.807) is 0 Å². The van der Waals surface area contributed by atoms with Crippen LogP contribution < -0.4 is 16.2 Å². The average Bonchev–Trinajstić information content (AvgIpc) is 3.64. The number of anilines is 2. The first-order valence-corrected chi connectivity index (χ1v) is 15.1. The van der Waals surface area contributed by atoms with Crippen molar-refractivity contribution in [2.75, 3.05) is 46.3 Å². The molecular formula is C30H48F2N2O2Ti. The van der Waals surface area contributed by atoms with E-state index in [0.717, 1.165) is 39.5 Å². The fourth-order valence-corrected chi connectivity index (χ4v) is 6.36. The van der Waals surface area contributed by atoms with Crippen molar-refractivity contribution >= 4 is 11.4 Å². The first-order valence-electron chi connectivity index (χ1n) is 13.8. The Bertz CT molecular complexity index is 724. The van der Waals surface area contributed by atoms with Gasteiger partial charge in [0, 0.05) is 26.4 Å². The summed E-state index contributed by atoms with van der Waals surface area (Å²) in [6, 6.07) is 17.7. The third kappa shape index (κ3) is 14.3. The van der Waals surface area contributed by atoms with E-state index in [1.165, 1.54) is 73.9 Å². The third-order valence-electron chi connectivity index (χ3n) is 6.18. The molecule has 0 N–H and O–H groups in total. The zero-order chi connectivity index (χ0) is 25.1. The molecule has 0 amide bonds. The number of hydrogen-bond donors (Lipinski definition) is 0. The van der Waals surface area contributed by atoms with Gasteiger partial charge in [0.05, 0.1) is 0 Å². The van der Waals surface area contributed by atoms with Gasteiger partial charge in [-0.2, -0.15) is 0 Å². The molecule has 0 spiro atoms. The van der Waals surface area contributed by atoms with Crippen LogP contribution in [0.4, 0.5) is 11.4 Å². The van der Waals surface area contributed by atoms with E-state index in [0.29, 0.717) is 0 Å². The van der Waals surface area contributed by atoms with Crippen molar-refractivity contribution < 1.29 is 38.5 Å². The summed E-state index contributed by atoms with van der Waals surface area (Å²) < 4.78 is 15.3. The SMILES string of the molecule is C1CCOC1.C1CCOC1.CCCC[N]([Ti+2][N](CCCC)c1ccccc1C)c1ccccc1C.[F-].[F-]. The monoisotopic (exact) mass is 554 g/mol. The van der Waals surface area contributed by atoms with Crippen molar-refractivity contribution in [1.29, 1.82) is 0 Å². The molecule has 2 fully saturated rings. The molecule has 37 heavy (non-hydrogen) atoms.